The largest absolute Gasteiger partial charge is 0.459 e. The molecule has 0 saturated heterocycles. The number of rotatable bonds is 3. The third-order valence-corrected chi connectivity index (χ3v) is 3.44. The van der Waals surface area contributed by atoms with Gasteiger partial charge in [0.1, 0.15) is 0 Å². The number of hydrogen-bond donors (Lipinski definition) is 2. The van der Waals surface area contributed by atoms with Gasteiger partial charge in [-0.05, 0) is 29.8 Å². The number of carbonyl (C=O) groups excluding carboxylic acids is 2. The molecule has 6 heteroatoms. The molecule has 0 spiro atoms. The lowest BCUT2D eigenvalue weighted by Gasteiger charge is -2.19. The van der Waals surface area contributed by atoms with Crippen molar-refractivity contribution < 1.29 is 14.0 Å². The van der Waals surface area contributed by atoms with Crippen molar-refractivity contribution in [1.29, 1.82) is 0 Å². The average molecular weight is 297 g/mol. The highest BCUT2D eigenvalue weighted by molar-refractivity contribution is 6.06. The minimum absolute atomic E-state index is 0.0670. The maximum absolute atomic E-state index is 11.9. The topological polar surface area (TPSA) is 83.7 Å². The summed E-state index contributed by atoms with van der Waals surface area (Å²) in [6.07, 6.45) is 1.88. The number of furan rings is 1. The Morgan fingerprint density at radius 3 is 2.73 bits per heavy atom. The molecule has 112 valence electrons. The SMILES string of the molecule is C[C@@H]1CC(=O)NN=C1c1ccc(NC(=O)c2ccco2)cc1. The van der Waals surface area contributed by atoms with Crippen LogP contribution >= 0.6 is 0 Å². The molecule has 2 aromatic rings. The molecule has 2 amide bonds. The first kappa shape index (κ1) is 14.1. The van der Waals surface area contributed by atoms with Gasteiger partial charge in [0.05, 0.1) is 12.0 Å². The quantitative estimate of drug-likeness (QED) is 0.912. The summed E-state index contributed by atoms with van der Waals surface area (Å²) in [4.78, 5) is 23.1. The number of carbonyl (C=O) groups is 2. The summed E-state index contributed by atoms with van der Waals surface area (Å²) >= 11 is 0. The van der Waals surface area contributed by atoms with Crippen LogP contribution in [0.15, 0.2) is 52.2 Å². The molecule has 3 rings (SSSR count). The predicted molar refractivity (Wildman–Crippen MR) is 81.6 cm³/mol. The Hall–Kier alpha value is -2.89. The van der Waals surface area contributed by atoms with Crippen LogP contribution < -0.4 is 10.7 Å². The first-order chi connectivity index (χ1) is 10.6. The Balaban J connectivity index is 1.73. The van der Waals surface area contributed by atoms with Crippen molar-refractivity contribution in [3.63, 3.8) is 0 Å². The zero-order valence-corrected chi connectivity index (χ0v) is 12.0. The zero-order valence-electron chi connectivity index (χ0n) is 12.0. The summed E-state index contributed by atoms with van der Waals surface area (Å²) in [5.41, 5.74) is 4.91. The Morgan fingerprint density at radius 2 is 2.09 bits per heavy atom. The van der Waals surface area contributed by atoms with Gasteiger partial charge in [0.25, 0.3) is 5.91 Å². The molecule has 6 nitrogen and oxygen atoms in total. The second-order valence-electron chi connectivity index (χ2n) is 5.15. The molecule has 0 radical (unpaired) electrons. The normalized spacial score (nSPS) is 17.6. The fourth-order valence-corrected chi connectivity index (χ4v) is 2.33. The van der Waals surface area contributed by atoms with Crippen molar-refractivity contribution in [3.05, 3.63) is 54.0 Å². The minimum atomic E-state index is -0.298. The lowest BCUT2D eigenvalue weighted by atomic mass is 9.94. The van der Waals surface area contributed by atoms with Gasteiger partial charge in [0.15, 0.2) is 5.76 Å². The van der Waals surface area contributed by atoms with Crippen LogP contribution in [-0.2, 0) is 4.79 Å². The van der Waals surface area contributed by atoms with E-state index in [2.05, 4.69) is 15.8 Å². The van der Waals surface area contributed by atoms with Crippen LogP contribution in [0.4, 0.5) is 5.69 Å². The van der Waals surface area contributed by atoms with E-state index >= 15 is 0 Å². The van der Waals surface area contributed by atoms with Gasteiger partial charge < -0.3 is 9.73 Å². The van der Waals surface area contributed by atoms with Crippen molar-refractivity contribution >= 4 is 23.2 Å². The van der Waals surface area contributed by atoms with Crippen molar-refractivity contribution in [3.8, 4) is 0 Å². The number of amides is 2. The summed E-state index contributed by atoms with van der Waals surface area (Å²) in [5, 5.41) is 6.86. The number of anilines is 1. The summed E-state index contributed by atoms with van der Waals surface area (Å²) in [5.74, 6) is -0.0404. The highest BCUT2D eigenvalue weighted by Gasteiger charge is 2.21. The monoisotopic (exact) mass is 297 g/mol. The molecule has 0 aliphatic carbocycles. The lowest BCUT2D eigenvalue weighted by molar-refractivity contribution is -0.121. The maximum atomic E-state index is 11.9. The molecule has 2 heterocycles. The fourth-order valence-electron chi connectivity index (χ4n) is 2.33. The molecule has 0 fully saturated rings. The molecule has 1 aliphatic rings. The molecule has 0 bridgehead atoms. The number of hydrazone groups is 1. The lowest BCUT2D eigenvalue weighted by Crippen LogP contribution is -2.31. The Labute approximate surface area is 127 Å². The van der Waals surface area contributed by atoms with E-state index < -0.39 is 0 Å². The van der Waals surface area contributed by atoms with Gasteiger partial charge in [-0.2, -0.15) is 5.10 Å². The predicted octanol–water partition coefficient (Wildman–Crippen LogP) is 2.39. The van der Waals surface area contributed by atoms with Crippen LogP contribution in [0.1, 0.15) is 29.5 Å². The maximum Gasteiger partial charge on any atom is 0.291 e. The third kappa shape index (κ3) is 2.90. The standard InChI is InChI=1S/C16H15N3O3/c1-10-9-14(20)18-19-15(10)11-4-6-12(7-5-11)17-16(21)13-3-2-8-22-13/h2-8,10H,9H2,1H3,(H,17,21)(H,18,20)/t10-/m1/s1. The molecule has 1 aromatic carbocycles. The van der Waals surface area contributed by atoms with Gasteiger partial charge in [-0.15, -0.1) is 0 Å². The van der Waals surface area contributed by atoms with Crippen LogP contribution in [0.25, 0.3) is 0 Å². The molecule has 0 unspecified atom stereocenters. The van der Waals surface area contributed by atoms with E-state index in [1.807, 2.05) is 19.1 Å². The number of hydrogen-bond acceptors (Lipinski definition) is 4. The minimum Gasteiger partial charge on any atom is -0.459 e. The van der Waals surface area contributed by atoms with Crippen molar-refractivity contribution in [2.24, 2.45) is 11.0 Å². The average Bonchev–Trinajstić information content (AvgIpc) is 3.03. The molecule has 2 N–H and O–H groups in total. The third-order valence-electron chi connectivity index (χ3n) is 3.44. The summed E-state index contributed by atoms with van der Waals surface area (Å²) < 4.78 is 5.04. The van der Waals surface area contributed by atoms with Crippen LogP contribution in [0, 0.1) is 5.92 Å². The molecule has 1 aliphatic heterocycles. The van der Waals surface area contributed by atoms with E-state index in [4.69, 9.17) is 4.42 Å². The highest BCUT2D eigenvalue weighted by atomic mass is 16.3. The van der Waals surface area contributed by atoms with Crippen molar-refractivity contribution in [2.45, 2.75) is 13.3 Å². The highest BCUT2D eigenvalue weighted by Crippen LogP contribution is 2.18. The molecular formula is C16H15N3O3. The second kappa shape index (κ2) is 5.85. The molecule has 1 atom stereocenters. The Morgan fingerprint density at radius 1 is 1.32 bits per heavy atom. The summed E-state index contributed by atoms with van der Waals surface area (Å²) in [6, 6.07) is 10.6. The van der Waals surface area contributed by atoms with Crippen LogP contribution in [0.5, 0.6) is 0 Å². The first-order valence-electron chi connectivity index (χ1n) is 6.95. The second-order valence-corrected chi connectivity index (χ2v) is 5.15. The number of nitrogens with zero attached hydrogens (tertiary/aromatic N) is 1. The van der Waals surface area contributed by atoms with Crippen LogP contribution in [0.3, 0.4) is 0 Å². The van der Waals surface area contributed by atoms with Crippen molar-refractivity contribution in [1.82, 2.24) is 5.43 Å². The summed E-state index contributed by atoms with van der Waals surface area (Å²) in [7, 11) is 0. The van der Waals surface area contributed by atoms with E-state index in [1.165, 1.54) is 6.26 Å². The molecule has 22 heavy (non-hydrogen) atoms. The van der Waals surface area contributed by atoms with Crippen molar-refractivity contribution in [2.75, 3.05) is 5.32 Å². The van der Waals surface area contributed by atoms with E-state index in [1.54, 1.807) is 24.3 Å². The fraction of sp³-hybridized carbons (Fsp3) is 0.188. The zero-order chi connectivity index (χ0) is 15.5. The van der Waals surface area contributed by atoms with Gasteiger partial charge >= 0.3 is 0 Å². The Kier molecular flexibility index (Phi) is 3.74. The molecular weight excluding hydrogens is 282 g/mol. The Bertz CT molecular complexity index is 718. The summed E-state index contributed by atoms with van der Waals surface area (Å²) in [6.45, 7) is 1.96. The van der Waals surface area contributed by atoms with Crippen LogP contribution in [-0.4, -0.2) is 17.5 Å². The van der Waals surface area contributed by atoms with Gasteiger partial charge in [-0.25, -0.2) is 5.43 Å². The van der Waals surface area contributed by atoms with Gasteiger partial charge in [0, 0.05) is 18.0 Å². The molecule has 1 aromatic heterocycles. The van der Waals surface area contributed by atoms with E-state index in [0.717, 1.165) is 11.3 Å². The van der Waals surface area contributed by atoms with Gasteiger partial charge in [-0.3, -0.25) is 9.59 Å². The first-order valence-corrected chi connectivity index (χ1v) is 6.95. The van der Waals surface area contributed by atoms with Gasteiger partial charge in [0.2, 0.25) is 5.91 Å². The van der Waals surface area contributed by atoms with Gasteiger partial charge in [-0.1, -0.05) is 19.1 Å². The number of nitrogens with one attached hydrogen (secondary N) is 2. The smallest absolute Gasteiger partial charge is 0.291 e. The van der Waals surface area contributed by atoms with E-state index in [-0.39, 0.29) is 23.5 Å². The van der Waals surface area contributed by atoms with E-state index in [0.29, 0.717) is 12.1 Å². The van der Waals surface area contributed by atoms with Crippen LogP contribution in [0.2, 0.25) is 0 Å². The van der Waals surface area contributed by atoms with E-state index in [9.17, 15) is 9.59 Å². The molecule has 0 saturated carbocycles. The number of benzene rings is 1.